The van der Waals surface area contributed by atoms with Crippen molar-refractivity contribution in [3.8, 4) is 0 Å². The molecule has 0 bridgehead atoms. The van der Waals surface area contributed by atoms with Gasteiger partial charge in [-0.3, -0.25) is 4.72 Å². The second-order valence-corrected chi connectivity index (χ2v) is 9.70. The number of hydrogen-bond acceptors (Lipinski definition) is 7. The summed E-state index contributed by atoms with van der Waals surface area (Å²) in [6.07, 6.45) is 1.76. The molecule has 0 aliphatic rings. The molecule has 0 fully saturated rings. The summed E-state index contributed by atoms with van der Waals surface area (Å²) in [6.45, 7) is 4.29. The Kier molecular flexibility index (Phi) is 7.26. The molecule has 180 valence electrons. The molecule has 1 heterocycles. The third-order valence-corrected chi connectivity index (χ3v) is 6.60. The molecule has 8 nitrogen and oxygen atoms in total. The van der Waals surface area contributed by atoms with Gasteiger partial charge < -0.3 is 10.1 Å². The van der Waals surface area contributed by atoms with Crippen LogP contribution in [0.1, 0.15) is 35.7 Å². The van der Waals surface area contributed by atoms with Crippen LogP contribution in [0, 0.1) is 6.92 Å². The van der Waals surface area contributed by atoms with Crippen molar-refractivity contribution in [2.45, 2.75) is 31.6 Å². The number of carbonyl (C=O) groups is 1. The maximum Gasteiger partial charge on any atom is 0.338 e. The van der Waals surface area contributed by atoms with Gasteiger partial charge in [0.1, 0.15) is 0 Å². The van der Waals surface area contributed by atoms with Gasteiger partial charge in [0, 0.05) is 5.69 Å². The third-order valence-electron chi connectivity index (χ3n) is 5.25. The van der Waals surface area contributed by atoms with Gasteiger partial charge in [-0.2, -0.15) is 0 Å². The smallest absolute Gasteiger partial charge is 0.338 e. The predicted molar refractivity (Wildman–Crippen MR) is 136 cm³/mol. The molecule has 0 amide bonds. The van der Waals surface area contributed by atoms with E-state index in [-0.39, 0.29) is 22.5 Å². The molecule has 0 saturated heterocycles. The standard InChI is InChI=1S/C26H26N4O4S/c1-3-4-17-34-26(31)19-11-13-20(14-12-19)27-24-25(29-23-8-6-5-7-22(23)28-24)30-35(32,33)21-15-9-18(2)10-16-21/h5-16H,3-4,17H2,1-2H3,(H,27,28)(H,29,30). The summed E-state index contributed by atoms with van der Waals surface area (Å²) in [5.41, 5.74) is 3.13. The number of para-hydroxylation sites is 2. The van der Waals surface area contributed by atoms with Gasteiger partial charge in [0.2, 0.25) is 0 Å². The van der Waals surface area contributed by atoms with E-state index in [9.17, 15) is 13.2 Å². The highest BCUT2D eigenvalue weighted by Crippen LogP contribution is 2.27. The van der Waals surface area contributed by atoms with E-state index in [1.165, 1.54) is 12.1 Å². The predicted octanol–water partition coefficient (Wildman–Crippen LogP) is 5.44. The second kappa shape index (κ2) is 10.5. The summed E-state index contributed by atoms with van der Waals surface area (Å²) in [4.78, 5) is 21.4. The summed E-state index contributed by atoms with van der Waals surface area (Å²) in [6, 6.07) is 20.4. The first kappa shape index (κ1) is 24.2. The minimum Gasteiger partial charge on any atom is -0.462 e. The van der Waals surface area contributed by atoms with Crippen molar-refractivity contribution in [3.05, 3.63) is 83.9 Å². The molecule has 1 aromatic heterocycles. The van der Waals surface area contributed by atoms with Crippen LogP contribution in [-0.2, 0) is 14.8 Å². The van der Waals surface area contributed by atoms with E-state index in [1.54, 1.807) is 54.6 Å². The lowest BCUT2D eigenvalue weighted by Crippen LogP contribution is -2.16. The maximum atomic E-state index is 13.0. The Morgan fingerprint density at radius 3 is 2.14 bits per heavy atom. The number of fused-ring (bicyclic) bond motifs is 1. The highest BCUT2D eigenvalue weighted by molar-refractivity contribution is 7.92. The summed E-state index contributed by atoms with van der Waals surface area (Å²) in [5, 5.41) is 3.11. The van der Waals surface area contributed by atoms with E-state index >= 15 is 0 Å². The van der Waals surface area contributed by atoms with Crippen molar-refractivity contribution in [1.29, 1.82) is 0 Å². The first-order chi connectivity index (χ1) is 16.9. The fourth-order valence-electron chi connectivity index (χ4n) is 3.28. The number of unbranched alkanes of at least 4 members (excludes halogenated alkanes) is 1. The van der Waals surface area contributed by atoms with Gasteiger partial charge in [-0.25, -0.2) is 23.2 Å². The SMILES string of the molecule is CCCCOC(=O)c1ccc(Nc2nc3ccccc3nc2NS(=O)(=O)c2ccc(C)cc2)cc1. The number of anilines is 3. The van der Waals surface area contributed by atoms with Crippen LogP contribution in [0.5, 0.6) is 0 Å². The lowest BCUT2D eigenvalue weighted by Gasteiger charge is -2.14. The van der Waals surface area contributed by atoms with Crippen LogP contribution in [0.25, 0.3) is 11.0 Å². The van der Waals surface area contributed by atoms with Crippen LogP contribution in [0.15, 0.2) is 77.7 Å². The minimum absolute atomic E-state index is 0.0623. The molecule has 4 rings (SSSR count). The molecular formula is C26H26N4O4S. The number of carbonyl (C=O) groups excluding carboxylic acids is 1. The van der Waals surface area contributed by atoms with Crippen molar-refractivity contribution in [2.24, 2.45) is 0 Å². The van der Waals surface area contributed by atoms with E-state index in [2.05, 4.69) is 20.0 Å². The Balaban J connectivity index is 1.62. The fraction of sp³-hybridized carbons (Fsp3) is 0.192. The third kappa shape index (κ3) is 5.93. The minimum atomic E-state index is -3.90. The van der Waals surface area contributed by atoms with E-state index in [1.807, 2.05) is 19.9 Å². The van der Waals surface area contributed by atoms with E-state index in [4.69, 9.17) is 4.74 Å². The number of aromatic nitrogens is 2. The maximum absolute atomic E-state index is 13.0. The molecule has 0 radical (unpaired) electrons. The molecule has 0 aliphatic heterocycles. The number of aryl methyl sites for hydroxylation is 1. The van der Waals surface area contributed by atoms with E-state index in [0.29, 0.717) is 28.9 Å². The van der Waals surface area contributed by atoms with Gasteiger partial charge in [-0.05, 0) is 61.9 Å². The fourth-order valence-corrected chi connectivity index (χ4v) is 4.29. The summed E-state index contributed by atoms with van der Waals surface area (Å²) >= 11 is 0. The molecule has 4 aromatic rings. The first-order valence-corrected chi connectivity index (χ1v) is 12.7. The molecule has 35 heavy (non-hydrogen) atoms. The first-order valence-electron chi connectivity index (χ1n) is 11.3. The zero-order valence-corrected chi connectivity index (χ0v) is 20.3. The molecule has 0 unspecified atom stereocenters. The Labute approximate surface area is 204 Å². The highest BCUT2D eigenvalue weighted by atomic mass is 32.2. The van der Waals surface area contributed by atoms with E-state index < -0.39 is 10.0 Å². The van der Waals surface area contributed by atoms with Gasteiger partial charge in [0.05, 0.1) is 28.1 Å². The van der Waals surface area contributed by atoms with Crippen LogP contribution in [0.3, 0.4) is 0 Å². The average Bonchev–Trinajstić information content (AvgIpc) is 2.85. The second-order valence-electron chi connectivity index (χ2n) is 8.02. The van der Waals surface area contributed by atoms with Crippen LogP contribution < -0.4 is 10.0 Å². The molecule has 0 aliphatic carbocycles. The number of nitrogens with one attached hydrogen (secondary N) is 2. The van der Waals surface area contributed by atoms with Gasteiger partial charge in [0.15, 0.2) is 11.6 Å². The Morgan fingerprint density at radius 1 is 0.886 bits per heavy atom. The van der Waals surface area contributed by atoms with Crippen LogP contribution in [0.4, 0.5) is 17.3 Å². The van der Waals surface area contributed by atoms with Crippen LogP contribution in [-0.4, -0.2) is 31.0 Å². The number of nitrogens with zero attached hydrogens (tertiary/aromatic N) is 2. The Morgan fingerprint density at radius 2 is 1.51 bits per heavy atom. The molecular weight excluding hydrogens is 464 g/mol. The normalized spacial score (nSPS) is 11.3. The molecule has 2 N–H and O–H groups in total. The van der Waals surface area contributed by atoms with Crippen LogP contribution in [0.2, 0.25) is 0 Å². The van der Waals surface area contributed by atoms with Gasteiger partial charge in [0.25, 0.3) is 10.0 Å². The molecule has 0 atom stereocenters. The topological polar surface area (TPSA) is 110 Å². The molecule has 0 saturated carbocycles. The van der Waals surface area contributed by atoms with Gasteiger partial charge in [-0.15, -0.1) is 0 Å². The van der Waals surface area contributed by atoms with Gasteiger partial charge in [-0.1, -0.05) is 43.2 Å². The number of rotatable bonds is 9. The monoisotopic (exact) mass is 490 g/mol. The zero-order chi connectivity index (χ0) is 24.8. The van der Waals surface area contributed by atoms with Gasteiger partial charge >= 0.3 is 5.97 Å². The van der Waals surface area contributed by atoms with Crippen molar-refractivity contribution in [1.82, 2.24) is 9.97 Å². The quantitative estimate of drug-likeness (QED) is 0.237. The lowest BCUT2D eigenvalue weighted by atomic mass is 10.2. The number of benzene rings is 3. The average molecular weight is 491 g/mol. The summed E-state index contributed by atoms with van der Waals surface area (Å²) < 4.78 is 33.8. The van der Waals surface area contributed by atoms with Crippen molar-refractivity contribution in [2.75, 3.05) is 16.6 Å². The summed E-state index contributed by atoms with van der Waals surface area (Å²) in [5.74, 6) is -0.0907. The lowest BCUT2D eigenvalue weighted by molar-refractivity contribution is 0.0499. The van der Waals surface area contributed by atoms with Crippen molar-refractivity contribution in [3.63, 3.8) is 0 Å². The summed E-state index contributed by atoms with van der Waals surface area (Å²) in [7, 11) is -3.90. The number of ether oxygens (including phenoxy) is 1. The zero-order valence-electron chi connectivity index (χ0n) is 19.5. The highest BCUT2D eigenvalue weighted by Gasteiger charge is 2.19. The molecule has 9 heteroatoms. The largest absolute Gasteiger partial charge is 0.462 e. The number of hydrogen-bond donors (Lipinski definition) is 2. The van der Waals surface area contributed by atoms with Crippen LogP contribution >= 0.6 is 0 Å². The van der Waals surface area contributed by atoms with Crippen molar-refractivity contribution < 1.29 is 17.9 Å². The number of esters is 1. The molecule has 0 spiro atoms. The Bertz CT molecular complexity index is 1440. The van der Waals surface area contributed by atoms with Crippen molar-refractivity contribution >= 4 is 44.3 Å². The van der Waals surface area contributed by atoms with E-state index in [0.717, 1.165) is 18.4 Å². The molecule has 3 aromatic carbocycles. The Hall–Kier alpha value is -3.98. The number of sulfonamides is 1.